The Labute approximate surface area is 393 Å². The first-order valence-corrected chi connectivity index (χ1v) is 21.1. The molecule has 0 saturated carbocycles. The van der Waals surface area contributed by atoms with E-state index >= 15 is 0 Å². The Kier molecular flexibility index (Phi) is 10.0. The second-order valence-corrected chi connectivity index (χ2v) is 18.7. The van der Waals surface area contributed by atoms with Crippen LogP contribution in [0.3, 0.4) is 0 Å². The van der Waals surface area contributed by atoms with Gasteiger partial charge in [-0.15, -0.1) is 29.3 Å². The minimum atomic E-state index is -2.82. The Bertz CT molecular complexity index is 3220. The molecule has 6 aromatic carbocycles. The molecule has 0 saturated heterocycles. The normalized spacial score (nSPS) is 13.8. The fraction of sp³-hybridized carbons (Fsp3) is 0.263. The molecule has 0 bridgehead atoms. The molecule has 0 aliphatic carbocycles. The quantitative estimate of drug-likeness (QED) is 0.154. The molecular formula is C57H58N3OPt-. The summed E-state index contributed by atoms with van der Waals surface area (Å²) in [5, 5.41) is 12.3. The van der Waals surface area contributed by atoms with E-state index < -0.39 is 36.6 Å². The maximum atomic E-state index is 12.3. The summed E-state index contributed by atoms with van der Waals surface area (Å²) in [6.45, 7) is 18.7. The number of hydrogen-bond acceptors (Lipinski definition) is 3. The molecule has 8 aromatic rings. The Balaban J connectivity index is 0.00000703. The third kappa shape index (κ3) is 8.73. The molecule has 318 valence electrons. The number of fused-ring (bicyclic) bond motifs is 1. The number of aromatic hydroxyl groups is 1. The molecule has 1 N–H and O–H groups in total. The fourth-order valence-electron chi connectivity index (χ4n) is 7.98. The molecule has 0 unspecified atom stereocenters. The van der Waals surface area contributed by atoms with Gasteiger partial charge < -0.3 is 5.11 Å². The van der Waals surface area contributed by atoms with Crippen LogP contribution in [-0.2, 0) is 31.9 Å². The van der Waals surface area contributed by atoms with Crippen molar-refractivity contribution in [3.8, 4) is 67.5 Å². The number of aromatic nitrogens is 3. The number of hydrogen-bond donors (Lipinski definition) is 1. The Morgan fingerprint density at radius 2 is 1.39 bits per heavy atom. The van der Waals surface area contributed by atoms with Crippen LogP contribution in [-0.4, -0.2) is 19.6 Å². The summed E-state index contributed by atoms with van der Waals surface area (Å²) < 4.78 is 60.7. The monoisotopic (exact) mass is 1000 g/mol. The van der Waals surface area contributed by atoms with E-state index in [0.29, 0.717) is 33.7 Å². The topological polar surface area (TPSA) is 50.9 Å². The van der Waals surface area contributed by atoms with Gasteiger partial charge in [0.1, 0.15) is 11.6 Å². The van der Waals surface area contributed by atoms with Gasteiger partial charge in [0, 0.05) is 37.1 Å². The van der Waals surface area contributed by atoms with Crippen LogP contribution >= 0.6 is 0 Å². The summed E-state index contributed by atoms with van der Waals surface area (Å²) in [4.78, 5) is 10.3. The number of phenolic OH excluding ortho intramolecular Hbond substituents is 1. The molecule has 5 heteroatoms. The van der Waals surface area contributed by atoms with Crippen LogP contribution in [0.5, 0.6) is 5.75 Å². The second kappa shape index (κ2) is 17.3. The smallest absolute Gasteiger partial charge is 0.148 e. The van der Waals surface area contributed by atoms with Crippen molar-refractivity contribution in [2.45, 2.75) is 98.8 Å². The van der Waals surface area contributed by atoms with Crippen molar-refractivity contribution in [1.29, 1.82) is 0 Å². The van der Waals surface area contributed by atoms with Crippen LogP contribution in [0, 0.1) is 12.9 Å². The standard InChI is InChI=1S/C57H58N3O.Pt/c1-35(2)42-31-47(36(3)4)54(61)48(32-42)55-59-53-46(18-15-19-52(53)60(55)51-25-24-40(33-49(51)57(9,10)11)38-16-13-12-14-17-38)43-28-44(30-45(29-43)56(6,7)8)50-34-41(26-27-58-50)39-22-20-37(5)21-23-39;/h12-27,29-36,61H,1-11H3;/q-1;/i5D3,20D,21D,22D,23D;. The molecular weight excluding hydrogens is 938 g/mol. The van der Waals surface area contributed by atoms with Gasteiger partial charge >= 0.3 is 0 Å². The van der Waals surface area contributed by atoms with Gasteiger partial charge in [-0.05, 0) is 98.8 Å². The number of benzene rings is 6. The van der Waals surface area contributed by atoms with E-state index in [2.05, 4.69) is 147 Å². The first kappa shape index (κ1) is 36.0. The minimum absolute atomic E-state index is 0. The molecule has 0 radical (unpaired) electrons. The van der Waals surface area contributed by atoms with Crippen molar-refractivity contribution < 1.29 is 35.8 Å². The predicted octanol–water partition coefficient (Wildman–Crippen LogP) is 15.4. The van der Waals surface area contributed by atoms with Crippen LogP contribution in [0.2, 0.25) is 0 Å². The van der Waals surface area contributed by atoms with Crippen molar-refractivity contribution in [1.82, 2.24) is 14.5 Å². The molecule has 0 aliphatic heterocycles. The van der Waals surface area contributed by atoms with Gasteiger partial charge in [0.15, 0.2) is 0 Å². The van der Waals surface area contributed by atoms with Gasteiger partial charge in [-0.1, -0.05) is 171 Å². The molecule has 0 spiro atoms. The SMILES string of the molecule is [2H]c1c([2H])c(C([2H])([2H])[2H])c([2H])c([2H])c1-c1ccnc(-c2[c-]c(-c3cccc4c3nc(-c3cc(C(C)C)cc(C(C)C)c3O)n4-c3ccc(-c4ccccc4)cc3C(C)(C)C)cc(C(C)(C)C)c2)c1.[Pt]. The van der Waals surface area contributed by atoms with E-state index in [1.54, 1.807) is 18.3 Å². The number of para-hydroxylation sites is 1. The van der Waals surface area contributed by atoms with Crippen LogP contribution in [0.1, 0.15) is 118 Å². The zero-order valence-corrected chi connectivity index (χ0v) is 39.4. The van der Waals surface area contributed by atoms with Gasteiger partial charge in [-0.2, -0.15) is 0 Å². The number of imidazole rings is 1. The van der Waals surface area contributed by atoms with Crippen molar-refractivity contribution in [2.24, 2.45) is 0 Å². The van der Waals surface area contributed by atoms with Crippen molar-refractivity contribution >= 4 is 11.0 Å². The third-order valence-electron chi connectivity index (χ3n) is 11.5. The third-order valence-corrected chi connectivity index (χ3v) is 11.5. The van der Waals surface area contributed by atoms with E-state index in [0.717, 1.165) is 55.7 Å². The Morgan fingerprint density at radius 3 is 2.05 bits per heavy atom. The zero-order chi connectivity index (χ0) is 49.4. The average molecular weight is 1000 g/mol. The molecule has 8 rings (SSSR count). The molecule has 2 heterocycles. The Hall–Kier alpha value is -5.57. The van der Waals surface area contributed by atoms with Crippen molar-refractivity contribution in [3.05, 3.63) is 167 Å². The molecule has 0 atom stereocenters. The molecule has 62 heavy (non-hydrogen) atoms. The van der Waals surface area contributed by atoms with E-state index in [4.69, 9.17) is 19.6 Å². The maximum Gasteiger partial charge on any atom is 0.148 e. The molecule has 0 amide bonds. The number of nitrogens with zero attached hydrogens (tertiary/aromatic N) is 3. The maximum absolute atomic E-state index is 12.3. The van der Waals surface area contributed by atoms with E-state index in [1.807, 2.05) is 24.3 Å². The molecule has 2 aromatic heterocycles. The molecule has 0 aliphatic rings. The van der Waals surface area contributed by atoms with Gasteiger partial charge in [0.2, 0.25) is 0 Å². The van der Waals surface area contributed by atoms with Crippen LogP contribution in [0.4, 0.5) is 0 Å². The van der Waals surface area contributed by atoms with Crippen LogP contribution < -0.4 is 0 Å². The Morgan fingerprint density at radius 1 is 0.677 bits per heavy atom. The largest absolute Gasteiger partial charge is 0.507 e. The number of pyridine rings is 1. The van der Waals surface area contributed by atoms with Gasteiger partial charge in [0.25, 0.3) is 0 Å². The van der Waals surface area contributed by atoms with Crippen molar-refractivity contribution in [2.75, 3.05) is 0 Å². The minimum Gasteiger partial charge on any atom is -0.507 e. The predicted molar refractivity (Wildman–Crippen MR) is 257 cm³/mol. The van der Waals surface area contributed by atoms with E-state index in [1.165, 1.54) is 0 Å². The van der Waals surface area contributed by atoms with Gasteiger partial charge in [0.05, 0.1) is 27.8 Å². The first-order chi connectivity index (χ1) is 31.9. The number of rotatable bonds is 8. The van der Waals surface area contributed by atoms with Gasteiger partial charge in [-0.25, -0.2) is 4.98 Å². The zero-order valence-electron chi connectivity index (χ0n) is 44.2. The summed E-state index contributed by atoms with van der Waals surface area (Å²) in [5.41, 5.74) is 11.2. The number of phenols is 1. The summed E-state index contributed by atoms with van der Waals surface area (Å²) in [5.74, 6) is 1.05. The summed E-state index contributed by atoms with van der Waals surface area (Å²) in [7, 11) is 0. The van der Waals surface area contributed by atoms with Crippen LogP contribution in [0.15, 0.2) is 133 Å². The van der Waals surface area contributed by atoms with Crippen molar-refractivity contribution in [3.63, 3.8) is 0 Å². The summed E-state index contributed by atoms with van der Waals surface area (Å²) in [6.07, 6.45) is 1.55. The summed E-state index contributed by atoms with van der Waals surface area (Å²) in [6, 6.07) is 36.4. The molecule has 0 fully saturated rings. The fourth-order valence-corrected chi connectivity index (χ4v) is 7.98. The van der Waals surface area contributed by atoms with Crippen LogP contribution in [0.25, 0.3) is 72.7 Å². The molecule has 4 nitrogen and oxygen atoms in total. The van der Waals surface area contributed by atoms with E-state index in [-0.39, 0.29) is 55.0 Å². The van der Waals surface area contributed by atoms with Gasteiger partial charge in [-0.3, -0.25) is 9.55 Å². The second-order valence-electron chi connectivity index (χ2n) is 18.7. The van der Waals surface area contributed by atoms with E-state index in [9.17, 15) is 5.11 Å². The summed E-state index contributed by atoms with van der Waals surface area (Å²) >= 11 is 0. The first-order valence-electron chi connectivity index (χ1n) is 24.6. The average Bonchev–Trinajstić information content (AvgIpc) is 3.67.